The largest absolute Gasteiger partial charge is 0.355 e. The second kappa shape index (κ2) is 5.94. The average molecular weight is 228 g/mol. The normalized spacial score (nSPS) is 19.8. The Labute approximate surface area is 93.1 Å². The average Bonchev–Trinajstić information content (AvgIpc) is 2.25. The van der Waals surface area contributed by atoms with Crippen molar-refractivity contribution < 1.29 is 14.4 Å². The van der Waals surface area contributed by atoms with Gasteiger partial charge in [-0.2, -0.15) is 0 Å². The molecule has 90 valence electrons. The molecule has 1 aliphatic rings. The predicted octanol–water partition coefficient (Wildman–Crippen LogP) is -1.70. The summed E-state index contributed by atoms with van der Waals surface area (Å²) in [6, 6.07) is -0.612. The van der Waals surface area contributed by atoms with Crippen molar-refractivity contribution in [1.82, 2.24) is 16.0 Å². The minimum atomic E-state index is -0.612. The van der Waals surface area contributed by atoms with Crippen molar-refractivity contribution >= 4 is 17.8 Å². The lowest BCUT2D eigenvalue weighted by Gasteiger charge is -2.21. The van der Waals surface area contributed by atoms with Crippen LogP contribution in [-0.4, -0.2) is 37.5 Å². The number of rotatable bonds is 4. The lowest BCUT2D eigenvalue weighted by molar-refractivity contribution is -0.128. The third-order valence-electron chi connectivity index (χ3n) is 2.36. The molecule has 1 fully saturated rings. The Bertz CT molecular complexity index is 282. The van der Waals surface area contributed by atoms with Gasteiger partial charge in [-0.3, -0.25) is 9.59 Å². The van der Waals surface area contributed by atoms with Crippen LogP contribution < -0.4 is 21.7 Å². The second-order valence-electron chi connectivity index (χ2n) is 3.62. The zero-order valence-electron chi connectivity index (χ0n) is 8.91. The van der Waals surface area contributed by atoms with Crippen molar-refractivity contribution in [3.63, 3.8) is 0 Å². The van der Waals surface area contributed by atoms with Gasteiger partial charge in [0.15, 0.2) is 0 Å². The van der Waals surface area contributed by atoms with Crippen LogP contribution >= 0.6 is 0 Å². The van der Waals surface area contributed by atoms with E-state index in [1.165, 1.54) is 0 Å². The molecule has 0 aromatic heterocycles. The van der Waals surface area contributed by atoms with Crippen LogP contribution in [0.5, 0.6) is 0 Å². The molecule has 1 unspecified atom stereocenters. The number of urea groups is 1. The fraction of sp³-hybridized carbons (Fsp3) is 0.667. The number of nitrogens with two attached hydrogens (primary N) is 1. The van der Waals surface area contributed by atoms with Crippen molar-refractivity contribution in [3.05, 3.63) is 0 Å². The maximum absolute atomic E-state index is 11.5. The molecule has 1 saturated heterocycles. The van der Waals surface area contributed by atoms with Gasteiger partial charge in [0.05, 0.1) is 5.92 Å². The van der Waals surface area contributed by atoms with E-state index in [0.29, 0.717) is 32.5 Å². The van der Waals surface area contributed by atoms with E-state index >= 15 is 0 Å². The van der Waals surface area contributed by atoms with Crippen molar-refractivity contribution in [2.24, 2.45) is 11.7 Å². The summed E-state index contributed by atoms with van der Waals surface area (Å²) in [5.41, 5.74) is 4.86. The van der Waals surface area contributed by atoms with Gasteiger partial charge in [0.1, 0.15) is 0 Å². The zero-order valence-corrected chi connectivity index (χ0v) is 8.91. The molecule has 7 heteroatoms. The number of carbonyl (C=O) groups excluding carboxylic acids is 3. The number of nitrogens with one attached hydrogen (secondary N) is 3. The minimum absolute atomic E-state index is 0.0144. The topological polar surface area (TPSA) is 113 Å². The van der Waals surface area contributed by atoms with Crippen LogP contribution in [0.1, 0.15) is 12.8 Å². The van der Waals surface area contributed by atoms with E-state index in [1.54, 1.807) is 0 Å². The molecular weight excluding hydrogens is 212 g/mol. The second-order valence-corrected chi connectivity index (χ2v) is 3.62. The van der Waals surface area contributed by atoms with Crippen LogP contribution in [0.15, 0.2) is 0 Å². The SMILES string of the molecule is NC(=O)NCCNC(=O)C1CCC(=O)NC1. The predicted molar refractivity (Wildman–Crippen MR) is 56.3 cm³/mol. The van der Waals surface area contributed by atoms with Crippen molar-refractivity contribution in [2.75, 3.05) is 19.6 Å². The molecule has 7 nitrogen and oxygen atoms in total. The van der Waals surface area contributed by atoms with Crippen LogP contribution in [0.3, 0.4) is 0 Å². The van der Waals surface area contributed by atoms with Gasteiger partial charge in [-0.05, 0) is 6.42 Å². The molecule has 5 N–H and O–H groups in total. The van der Waals surface area contributed by atoms with Gasteiger partial charge in [-0.25, -0.2) is 4.79 Å². The summed E-state index contributed by atoms with van der Waals surface area (Å²) in [5.74, 6) is -0.294. The Balaban J connectivity index is 2.15. The summed E-state index contributed by atoms with van der Waals surface area (Å²) in [6.07, 6.45) is 0.957. The molecule has 1 atom stereocenters. The summed E-state index contributed by atoms with van der Waals surface area (Å²) in [7, 11) is 0. The maximum atomic E-state index is 11.5. The van der Waals surface area contributed by atoms with Gasteiger partial charge in [-0.15, -0.1) is 0 Å². The Hall–Kier alpha value is -1.79. The Kier molecular flexibility index (Phi) is 4.56. The lowest BCUT2D eigenvalue weighted by atomic mass is 9.98. The van der Waals surface area contributed by atoms with Crippen LogP contribution in [0.25, 0.3) is 0 Å². The molecule has 0 aromatic rings. The molecule has 1 heterocycles. The molecule has 0 aromatic carbocycles. The maximum Gasteiger partial charge on any atom is 0.312 e. The molecule has 0 aliphatic carbocycles. The molecular formula is C9H16N4O3. The number of piperidine rings is 1. The van der Waals surface area contributed by atoms with E-state index in [2.05, 4.69) is 16.0 Å². The number of carbonyl (C=O) groups is 3. The number of hydrogen-bond acceptors (Lipinski definition) is 3. The summed E-state index contributed by atoms with van der Waals surface area (Å²) >= 11 is 0. The quantitative estimate of drug-likeness (QED) is 0.430. The van der Waals surface area contributed by atoms with Gasteiger partial charge in [-0.1, -0.05) is 0 Å². The van der Waals surface area contributed by atoms with Crippen LogP contribution in [0.4, 0.5) is 4.79 Å². The smallest absolute Gasteiger partial charge is 0.312 e. The van der Waals surface area contributed by atoms with Crippen molar-refractivity contribution in [1.29, 1.82) is 0 Å². The van der Waals surface area contributed by atoms with E-state index in [-0.39, 0.29) is 17.7 Å². The highest BCUT2D eigenvalue weighted by Gasteiger charge is 2.23. The molecule has 4 amide bonds. The third kappa shape index (κ3) is 4.16. The van der Waals surface area contributed by atoms with E-state index in [0.717, 1.165) is 0 Å². The molecule has 0 radical (unpaired) electrons. The summed E-state index contributed by atoms with van der Waals surface area (Å²) in [5, 5.41) is 7.66. The number of hydrogen-bond donors (Lipinski definition) is 4. The first-order valence-corrected chi connectivity index (χ1v) is 5.17. The fourth-order valence-corrected chi connectivity index (χ4v) is 1.47. The Morgan fingerprint density at radius 1 is 1.38 bits per heavy atom. The summed E-state index contributed by atoms with van der Waals surface area (Å²) < 4.78 is 0. The van der Waals surface area contributed by atoms with Crippen LogP contribution in [0.2, 0.25) is 0 Å². The van der Waals surface area contributed by atoms with Gasteiger partial charge in [0.2, 0.25) is 11.8 Å². The first kappa shape index (κ1) is 12.3. The highest BCUT2D eigenvalue weighted by molar-refractivity contribution is 5.83. The Morgan fingerprint density at radius 3 is 2.62 bits per heavy atom. The third-order valence-corrected chi connectivity index (χ3v) is 2.36. The monoisotopic (exact) mass is 228 g/mol. The van der Waals surface area contributed by atoms with Crippen molar-refractivity contribution in [3.8, 4) is 0 Å². The molecule has 1 rings (SSSR count). The van der Waals surface area contributed by atoms with Crippen LogP contribution in [-0.2, 0) is 9.59 Å². The molecule has 16 heavy (non-hydrogen) atoms. The lowest BCUT2D eigenvalue weighted by Crippen LogP contribution is -2.45. The van der Waals surface area contributed by atoms with Gasteiger partial charge in [0, 0.05) is 26.1 Å². The minimum Gasteiger partial charge on any atom is -0.355 e. The Morgan fingerprint density at radius 2 is 2.06 bits per heavy atom. The van der Waals surface area contributed by atoms with Crippen molar-refractivity contribution in [2.45, 2.75) is 12.8 Å². The number of primary amides is 1. The molecule has 0 saturated carbocycles. The first-order valence-electron chi connectivity index (χ1n) is 5.17. The fourth-order valence-electron chi connectivity index (χ4n) is 1.47. The molecule has 0 spiro atoms. The zero-order chi connectivity index (χ0) is 12.0. The van der Waals surface area contributed by atoms with Gasteiger partial charge < -0.3 is 21.7 Å². The van der Waals surface area contributed by atoms with E-state index in [1.807, 2.05) is 0 Å². The highest BCUT2D eigenvalue weighted by Crippen LogP contribution is 2.10. The summed E-state index contributed by atoms with van der Waals surface area (Å²) in [4.78, 5) is 32.7. The standard InChI is InChI=1S/C9H16N4O3/c10-9(16)12-4-3-11-8(15)6-1-2-7(14)13-5-6/h6H,1-5H2,(H,11,15)(H,13,14)(H3,10,12,16). The van der Waals surface area contributed by atoms with E-state index < -0.39 is 6.03 Å². The highest BCUT2D eigenvalue weighted by atomic mass is 16.2. The molecule has 0 bridgehead atoms. The summed E-state index contributed by atoms with van der Waals surface area (Å²) in [6.45, 7) is 1.03. The first-order chi connectivity index (χ1) is 7.59. The van der Waals surface area contributed by atoms with E-state index in [9.17, 15) is 14.4 Å². The van der Waals surface area contributed by atoms with Gasteiger partial charge in [0.25, 0.3) is 0 Å². The van der Waals surface area contributed by atoms with Gasteiger partial charge >= 0.3 is 6.03 Å². The van der Waals surface area contributed by atoms with Crippen LogP contribution in [0, 0.1) is 5.92 Å². The van der Waals surface area contributed by atoms with E-state index in [4.69, 9.17) is 5.73 Å². The molecule has 1 aliphatic heterocycles. The number of amides is 4.